The molecule has 1 aromatic carbocycles. The highest BCUT2D eigenvalue weighted by Crippen LogP contribution is 2.22. The molecule has 0 spiro atoms. The Hall–Kier alpha value is -2.70. The average Bonchev–Trinajstić information content (AvgIpc) is 3.46. The van der Waals surface area contributed by atoms with Gasteiger partial charge in [-0.1, -0.05) is 18.2 Å². The zero-order chi connectivity index (χ0) is 21.5. The minimum atomic E-state index is 0.0821. The first-order valence-electron chi connectivity index (χ1n) is 10.8. The molecular weight excluding hydrogens is 408 g/mol. The maximum Gasteiger partial charge on any atom is 0.264 e. The molecule has 1 saturated heterocycles. The Morgan fingerprint density at radius 1 is 1.23 bits per heavy atom. The Labute approximate surface area is 187 Å². The van der Waals surface area contributed by atoms with Crippen LogP contribution in [0.4, 0.5) is 0 Å². The predicted octanol–water partition coefficient (Wildman–Crippen LogP) is 4.89. The van der Waals surface area contributed by atoms with Crippen LogP contribution in [0.25, 0.3) is 0 Å². The first kappa shape index (κ1) is 21.5. The fourth-order valence-corrected chi connectivity index (χ4v) is 4.61. The minimum Gasteiger partial charge on any atom is -0.493 e. The van der Waals surface area contributed by atoms with E-state index in [9.17, 15) is 4.79 Å². The second-order valence-electron chi connectivity index (χ2n) is 7.82. The Bertz CT molecular complexity index is 966. The molecule has 0 unspecified atom stereocenters. The van der Waals surface area contributed by atoms with Gasteiger partial charge < -0.3 is 14.4 Å². The van der Waals surface area contributed by atoms with Gasteiger partial charge in [-0.2, -0.15) is 0 Å². The molecule has 31 heavy (non-hydrogen) atoms. The number of benzene rings is 1. The third-order valence-corrected chi connectivity index (χ3v) is 6.45. The number of nitrogens with zero attached hydrogens (tertiary/aromatic N) is 2. The lowest BCUT2D eigenvalue weighted by molar-refractivity contribution is 0.0510. The van der Waals surface area contributed by atoms with Crippen molar-refractivity contribution in [3.8, 4) is 5.75 Å². The second kappa shape index (κ2) is 10.6. The van der Waals surface area contributed by atoms with Gasteiger partial charge in [0.1, 0.15) is 5.75 Å². The molecule has 3 heterocycles. The molecule has 0 saturated carbocycles. The van der Waals surface area contributed by atoms with E-state index in [1.54, 1.807) is 6.20 Å². The normalized spacial score (nSPS) is 15.7. The number of rotatable bonds is 9. The molecule has 5 nitrogen and oxygen atoms in total. The van der Waals surface area contributed by atoms with Crippen molar-refractivity contribution in [3.05, 3.63) is 81.8 Å². The number of carbonyl (C=O) groups excluding carboxylic acids is 1. The van der Waals surface area contributed by atoms with Gasteiger partial charge in [0, 0.05) is 38.0 Å². The fraction of sp³-hybridized carbons (Fsp3) is 0.360. The Morgan fingerprint density at radius 3 is 2.77 bits per heavy atom. The Kier molecular flexibility index (Phi) is 7.33. The van der Waals surface area contributed by atoms with Crippen molar-refractivity contribution in [2.45, 2.75) is 38.8 Å². The third kappa shape index (κ3) is 5.93. The second-order valence-corrected chi connectivity index (χ2v) is 8.73. The van der Waals surface area contributed by atoms with Gasteiger partial charge in [-0.15, -0.1) is 11.3 Å². The van der Waals surface area contributed by atoms with Gasteiger partial charge in [-0.3, -0.25) is 9.78 Å². The first-order chi connectivity index (χ1) is 15.2. The molecule has 6 heteroatoms. The van der Waals surface area contributed by atoms with Crippen molar-refractivity contribution in [1.29, 1.82) is 0 Å². The number of thiophene rings is 1. The molecule has 1 aliphatic heterocycles. The fourth-order valence-electron chi connectivity index (χ4n) is 3.72. The molecule has 4 rings (SSSR count). The van der Waals surface area contributed by atoms with E-state index in [0.29, 0.717) is 19.7 Å². The lowest BCUT2D eigenvalue weighted by Gasteiger charge is -2.25. The maximum absolute atomic E-state index is 13.2. The molecule has 0 radical (unpaired) electrons. The lowest BCUT2D eigenvalue weighted by Crippen LogP contribution is -2.36. The summed E-state index contributed by atoms with van der Waals surface area (Å²) in [4.78, 5) is 20.3. The number of hydrogen-bond acceptors (Lipinski definition) is 5. The van der Waals surface area contributed by atoms with Crippen LogP contribution in [-0.4, -0.2) is 41.7 Å². The van der Waals surface area contributed by atoms with Crippen molar-refractivity contribution in [2.24, 2.45) is 0 Å². The molecule has 0 aliphatic carbocycles. The molecule has 0 N–H and O–H groups in total. The smallest absolute Gasteiger partial charge is 0.264 e. The molecule has 3 aromatic rings. The van der Waals surface area contributed by atoms with Gasteiger partial charge in [0.15, 0.2) is 0 Å². The summed E-state index contributed by atoms with van der Waals surface area (Å²) in [6.45, 7) is 4.54. The highest BCUT2D eigenvalue weighted by molar-refractivity contribution is 7.12. The van der Waals surface area contributed by atoms with E-state index in [4.69, 9.17) is 9.47 Å². The summed E-state index contributed by atoms with van der Waals surface area (Å²) in [5.41, 5.74) is 3.13. The van der Waals surface area contributed by atoms with Gasteiger partial charge in [0.05, 0.1) is 17.6 Å². The number of aryl methyl sites for hydroxylation is 1. The number of amides is 1. The number of hydrogen-bond donors (Lipinski definition) is 0. The van der Waals surface area contributed by atoms with E-state index >= 15 is 0 Å². The average molecular weight is 437 g/mol. The standard InChI is InChI=1S/C25H28N2O3S/c1-19-12-16-31-24(19)25(28)27(18-23-6-4-14-29-23)17-20-7-9-22(10-8-20)30-15-11-21-5-2-3-13-26-21/h2-3,5,7-10,12-13,16,23H,4,6,11,14-15,17-18H2,1H3/t23-/m0/s1. The van der Waals surface area contributed by atoms with Crippen molar-refractivity contribution in [1.82, 2.24) is 9.88 Å². The van der Waals surface area contributed by atoms with E-state index in [1.165, 1.54) is 11.3 Å². The van der Waals surface area contributed by atoms with Gasteiger partial charge in [-0.05, 0) is 66.6 Å². The Morgan fingerprint density at radius 2 is 2.10 bits per heavy atom. The van der Waals surface area contributed by atoms with Crippen LogP contribution in [0.2, 0.25) is 0 Å². The van der Waals surface area contributed by atoms with Crippen LogP contribution in [0.15, 0.2) is 60.1 Å². The van der Waals surface area contributed by atoms with E-state index in [1.807, 2.05) is 65.7 Å². The van der Waals surface area contributed by atoms with Crippen LogP contribution in [0.1, 0.15) is 39.3 Å². The van der Waals surface area contributed by atoms with Crippen LogP contribution in [0.5, 0.6) is 5.75 Å². The number of pyridine rings is 1. The van der Waals surface area contributed by atoms with Crippen molar-refractivity contribution in [2.75, 3.05) is 19.8 Å². The summed E-state index contributed by atoms with van der Waals surface area (Å²) in [7, 11) is 0. The zero-order valence-electron chi connectivity index (χ0n) is 17.8. The van der Waals surface area contributed by atoms with Crippen LogP contribution >= 0.6 is 11.3 Å². The SMILES string of the molecule is Cc1ccsc1C(=O)N(Cc1ccc(OCCc2ccccn2)cc1)C[C@@H]1CCCO1. The van der Waals surface area contributed by atoms with Crippen molar-refractivity contribution < 1.29 is 14.3 Å². The summed E-state index contributed by atoms with van der Waals surface area (Å²) in [6, 6.07) is 15.9. The summed E-state index contributed by atoms with van der Waals surface area (Å²) < 4.78 is 11.7. The topological polar surface area (TPSA) is 51.7 Å². The summed E-state index contributed by atoms with van der Waals surface area (Å²) in [5, 5.41) is 1.98. The number of ether oxygens (including phenoxy) is 2. The lowest BCUT2D eigenvalue weighted by atomic mass is 10.1. The van der Waals surface area contributed by atoms with Crippen LogP contribution < -0.4 is 4.74 Å². The summed E-state index contributed by atoms with van der Waals surface area (Å²) in [6.07, 6.45) is 4.77. The van der Waals surface area contributed by atoms with Crippen molar-refractivity contribution >= 4 is 17.2 Å². The van der Waals surface area contributed by atoms with E-state index in [2.05, 4.69) is 4.98 Å². The molecule has 1 atom stereocenters. The maximum atomic E-state index is 13.2. The summed E-state index contributed by atoms with van der Waals surface area (Å²) >= 11 is 1.51. The summed E-state index contributed by atoms with van der Waals surface area (Å²) in [5.74, 6) is 0.907. The van der Waals surface area contributed by atoms with Crippen molar-refractivity contribution in [3.63, 3.8) is 0 Å². The molecule has 1 amide bonds. The Balaban J connectivity index is 1.37. The van der Waals surface area contributed by atoms with Gasteiger partial charge >= 0.3 is 0 Å². The molecule has 0 bridgehead atoms. The van der Waals surface area contributed by atoms with Gasteiger partial charge in [0.25, 0.3) is 5.91 Å². The highest BCUT2D eigenvalue weighted by atomic mass is 32.1. The van der Waals surface area contributed by atoms with Crippen LogP contribution in [0, 0.1) is 6.92 Å². The van der Waals surface area contributed by atoms with Gasteiger partial charge in [-0.25, -0.2) is 0 Å². The number of aromatic nitrogens is 1. The highest BCUT2D eigenvalue weighted by Gasteiger charge is 2.25. The van der Waals surface area contributed by atoms with E-state index in [-0.39, 0.29) is 12.0 Å². The first-order valence-corrected chi connectivity index (χ1v) is 11.6. The zero-order valence-corrected chi connectivity index (χ0v) is 18.6. The largest absolute Gasteiger partial charge is 0.493 e. The molecule has 1 fully saturated rings. The molecule has 2 aromatic heterocycles. The van der Waals surface area contributed by atoms with E-state index in [0.717, 1.165) is 53.3 Å². The monoisotopic (exact) mass is 436 g/mol. The number of carbonyl (C=O) groups is 1. The molecular formula is C25H28N2O3S. The molecule has 162 valence electrons. The third-order valence-electron chi connectivity index (χ3n) is 5.44. The van der Waals surface area contributed by atoms with Gasteiger partial charge in [0.2, 0.25) is 0 Å². The predicted molar refractivity (Wildman–Crippen MR) is 123 cm³/mol. The quantitative estimate of drug-likeness (QED) is 0.479. The minimum absolute atomic E-state index is 0.0821. The van der Waals surface area contributed by atoms with E-state index < -0.39 is 0 Å². The molecule has 1 aliphatic rings. The van der Waals surface area contributed by atoms with Crippen LogP contribution in [0.3, 0.4) is 0 Å². The van der Waals surface area contributed by atoms with Crippen LogP contribution in [-0.2, 0) is 17.7 Å².